The van der Waals surface area contributed by atoms with Crippen LogP contribution in [0.15, 0.2) is 85.2 Å². The van der Waals surface area contributed by atoms with Crippen LogP contribution >= 0.6 is 11.7 Å². The van der Waals surface area contributed by atoms with Crippen LogP contribution in [0.5, 0.6) is 0 Å². The van der Waals surface area contributed by atoms with Gasteiger partial charge in [-0.3, -0.25) is 4.79 Å². The van der Waals surface area contributed by atoms with Crippen LogP contribution in [0.3, 0.4) is 0 Å². The first-order chi connectivity index (χ1) is 20.1. The van der Waals surface area contributed by atoms with E-state index in [-0.39, 0.29) is 18.4 Å². The number of aryl methyl sites for hydroxylation is 1. The number of carbonyl (C=O) groups excluding carboxylic acids is 2. The molecule has 0 bridgehead atoms. The summed E-state index contributed by atoms with van der Waals surface area (Å²) in [5, 5.41) is 1.10. The third-order valence-electron chi connectivity index (χ3n) is 7.34. The Bertz CT molecular complexity index is 1740. The first kappa shape index (κ1) is 25.4. The van der Waals surface area contributed by atoms with Gasteiger partial charge in [0.15, 0.2) is 25.2 Å². The molecule has 0 radical (unpaired) electrons. The van der Waals surface area contributed by atoms with Crippen LogP contribution in [-0.4, -0.2) is 43.0 Å². The number of aromatic nitrogens is 4. The molecule has 2 unspecified atom stereocenters. The normalized spacial score (nSPS) is 17.9. The Morgan fingerprint density at radius 1 is 1.00 bits per heavy atom. The van der Waals surface area contributed by atoms with E-state index in [0.717, 1.165) is 49.7 Å². The summed E-state index contributed by atoms with van der Waals surface area (Å²) in [7, 11) is 0. The molecule has 0 spiro atoms. The average Bonchev–Trinajstić information content (AvgIpc) is 3.64. The lowest BCUT2D eigenvalue weighted by molar-refractivity contribution is -0.689. The molecule has 2 atom stereocenters. The van der Waals surface area contributed by atoms with E-state index in [1.165, 1.54) is 11.7 Å². The lowest BCUT2D eigenvalue weighted by Gasteiger charge is -2.21. The summed E-state index contributed by atoms with van der Waals surface area (Å²) in [6.07, 6.45) is 5.21. The Hall–Kier alpha value is -4.54. The number of benzene rings is 2. The topological polar surface area (TPSA) is 102 Å². The molecule has 2 aliphatic heterocycles. The maximum atomic E-state index is 12.5. The molecule has 41 heavy (non-hydrogen) atoms. The predicted molar refractivity (Wildman–Crippen MR) is 151 cm³/mol. The lowest BCUT2D eigenvalue weighted by atomic mass is 9.99. The molecule has 10 heteroatoms. The molecule has 2 aliphatic rings. The number of hydrogen-bond donors (Lipinski definition) is 0. The molecule has 2 fully saturated rings. The second kappa shape index (κ2) is 10.8. The van der Waals surface area contributed by atoms with Gasteiger partial charge < -0.3 is 9.57 Å². The van der Waals surface area contributed by atoms with Gasteiger partial charge in [-0.15, -0.1) is 5.06 Å². The molecule has 2 saturated heterocycles. The summed E-state index contributed by atoms with van der Waals surface area (Å²) in [6, 6.07) is 24.1. The molecule has 3 aromatic heterocycles. The van der Waals surface area contributed by atoms with Crippen LogP contribution in [0, 0.1) is 0 Å². The summed E-state index contributed by atoms with van der Waals surface area (Å²) < 4.78 is 16.8. The molecule has 9 nitrogen and oxygen atoms in total. The number of carbonyl (C=O) groups is 2. The van der Waals surface area contributed by atoms with Crippen molar-refractivity contribution in [3.63, 3.8) is 0 Å². The van der Waals surface area contributed by atoms with Gasteiger partial charge in [-0.1, -0.05) is 60.7 Å². The number of ether oxygens (including phenoxy) is 1. The van der Waals surface area contributed by atoms with Crippen LogP contribution in [0.4, 0.5) is 0 Å². The quantitative estimate of drug-likeness (QED) is 0.202. The van der Waals surface area contributed by atoms with E-state index >= 15 is 0 Å². The summed E-state index contributed by atoms with van der Waals surface area (Å²) in [5.74, 6) is -0.662. The molecule has 0 saturated carbocycles. The molecule has 5 heterocycles. The van der Waals surface area contributed by atoms with Crippen molar-refractivity contribution in [1.29, 1.82) is 0 Å². The molecular weight excluding hydrogens is 538 g/mol. The van der Waals surface area contributed by atoms with Crippen molar-refractivity contribution in [2.45, 2.75) is 44.6 Å². The van der Waals surface area contributed by atoms with Crippen molar-refractivity contribution in [3.8, 4) is 22.4 Å². The summed E-state index contributed by atoms with van der Waals surface area (Å²) in [5.41, 5.74) is 7.24. The van der Waals surface area contributed by atoms with E-state index in [0.29, 0.717) is 25.8 Å². The molecule has 5 aromatic rings. The van der Waals surface area contributed by atoms with Gasteiger partial charge in [-0.25, -0.2) is 9.78 Å². The van der Waals surface area contributed by atoms with Gasteiger partial charge in [0.25, 0.3) is 5.91 Å². The van der Waals surface area contributed by atoms with E-state index < -0.39 is 12.2 Å². The maximum absolute atomic E-state index is 12.5. The second-order valence-corrected chi connectivity index (χ2v) is 10.7. The zero-order chi connectivity index (χ0) is 27.8. The van der Waals surface area contributed by atoms with Crippen molar-refractivity contribution in [2.75, 3.05) is 0 Å². The molecular formula is C31H26N5O4S+. The first-order valence-electron chi connectivity index (χ1n) is 13.6. The highest BCUT2D eigenvalue weighted by Gasteiger charge is 2.51. The minimum absolute atomic E-state index is 0.00958. The number of fused-ring (bicyclic) bond motifs is 2. The monoisotopic (exact) mass is 564 g/mol. The van der Waals surface area contributed by atoms with Crippen molar-refractivity contribution in [3.05, 3.63) is 96.4 Å². The van der Waals surface area contributed by atoms with Crippen LogP contribution < -0.4 is 4.57 Å². The fourth-order valence-electron chi connectivity index (χ4n) is 5.28. The first-order valence-corrected chi connectivity index (χ1v) is 14.3. The van der Waals surface area contributed by atoms with Gasteiger partial charge in [0.05, 0.1) is 23.8 Å². The fourth-order valence-corrected chi connectivity index (χ4v) is 5.83. The SMILES string of the molecule is O=C(CCc1ccc[n+](Cc2nc(-c3ccccc3)c3nsnc3c2-c2ccccc2)c1)ON1C(=O)CCC2OC21. The zero-order valence-corrected chi connectivity index (χ0v) is 22.9. The highest BCUT2D eigenvalue weighted by molar-refractivity contribution is 7.00. The van der Waals surface area contributed by atoms with Crippen LogP contribution in [0.2, 0.25) is 0 Å². The highest BCUT2D eigenvalue weighted by Crippen LogP contribution is 2.36. The Labute approximate surface area is 240 Å². The van der Waals surface area contributed by atoms with Crippen molar-refractivity contribution in [2.24, 2.45) is 0 Å². The predicted octanol–water partition coefficient (Wildman–Crippen LogP) is 4.49. The summed E-state index contributed by atoms with van der Waals surface area (Å²) in [4.78, 5) is 35.2. The summed E-state index contributed by atoms with van der Waals surface area (Å²) >= 11 is 1.19. The fraction of sp³-hybridized carbons (Fsp3) is 0.226. The van der Waals surface area contributed by atoms with Crippen LogP contribution in [0.25, 0.3) is 33.4 Å². The molecule has 204 valence electrons. The molecule has 1 amide bonds. The number of piperidine rings is 1. The van der Waals surface area contributed by atoms with E-state index in [2.05, 4.69) is 21.1 Å². The van der Waals surface area contributed by atoms with E-state index in [1.807, 2.05) is 73.1 Å². The number of pyridine rings is 2. The molecule has 7 rings (SSSR count). The number of amides is 1. The van der Waals surface area contributed by atoms with Gasteiger partial charge in [0.2, 0.25) is 0 Å². The smallest absolute Gasteiger partial charge is 0.333 e. The van der Waals surface area contributed by atoms with Crippen molar-refractivity contribution in [1.82, 2.24) is 18.8 Å². The van der Waals surface area contributed by atoms with E-state index in [4.69, 9.17) is 18.9 Å². The van der Waals surface area contributed by atoms with E-state index in [9.17, 15) is 9.59 Å². The minimum atomic E-state index is -0.452. The minimum Gasteiger partial charge on any atom is -0.344 e. The number of hydroxylamine groups is 2. The van der Waals surface area contributed by atoms with Crippen LogP contribution in [0.1, 0.15) is 30.5 Å². The zero-order valence-electron chi connectivity index (χ0n) is 22.1. The third-order valence-corrected chi connectivity index (χ3v) is 7.87. The lowest BCUT2D eigenvalue weighted by Crippen LogP contribution is -2.40. The van der Waals surface area contributed by atoms with Gasteiger partial charge in [0.1, 0.15) is 22.8 Å². The van der Waals surface area contributed by atoms with Crippen LogP contribution in [-0.2, 0) is 32.1 Å². The molecule has 2 aromatic carbocycles. The summed E-state index contributed by atoms with van der Waals surface area (Å²) in [6.45, 7) is 0.499. The Balaban J connectivity index is 1.16. The maximum Gasteiger partial charge on any atom is 0.333 e. The Morgan fingerprint density at radius 3 is 2.56 bits per heavy atom. The van der Waals surface area contributed by atoms with E-state index in [1.54, 1.807) is 0 Å². The second-order valence-electron chi connectivity index (χ2n) is 10.1. The number of nitrogens with zero attached hydrogens (tertiary/aromatic N) is 5. The highest BCUT2D eigenvalue weighted by atomic mass is 32.1. The van der Waals surface area contributed by atoms with Gasteiger partial charge in [0, 0.05) is 29.2 Å². The standard InChI is InChI=1S/C31H26N5O4S/c37-25-15-14-24-31(39-24)36(25)40-26(38)16-13-20-8-7-17-35(18-20)19-23-27(21-9-3-1-4-10-21)29-30(34-41-33-29)28(32-23)22-11-5-2-6-12-22/h1-12,17-18,24,31H,13-16,19H2/q+1. The van der Waals surface area contributed by atoms with Gasteiger partial charge in [-0.2, -0.15) is 13.3 Å². The van der Waals surface area contributed by atoms with Crippen molar-refractivity contribution < 1.29 is 23.7 Å². The van der Waals surface area contributed by atoms with Crippen molar-refractivity contribution >= 4 is 34.6 Å². The molecule has 0 aliphatic carbocycles. The molecule has 0 N–H and O–H groups in total. The Morgan fingerprint density at radius 2 is 1.76 bits per heavy atom. The largest absolute Gasteiger partial charge is 0.344 e. The average molecular weight is 565 g/mol. The Kier molecular flexibility index (Phi) is 6.69. The number of epoxide rings is 1. The third kappa shape index (κ3) is 5.19. The number of hydrogen-bond acceptors (Lipinski definition) is 8. The number of rotatable bonds is 8. The van der Waals surface area contributed by atoms with Gasteiger partial charge >= 0.3 is 5.97 Å². The van der Waals surface area contributed by atoms with Gasteiger partial charge in [-0.05, 0) is 24.5 Å².